The van der Waals surface area contributed by atoms with Crippen LogP contribution in [-0.2, 0) is 26.2 Å². The first kappa shape index (κ1) is 30.5. The second-order valence-corrected chi connectivity index (χ2v) is 12.4. The van der Waals surface area contributed by atoms with Gasteiger partial charge in [0.2, 0.25) is 11.8 Å². The van der Waals surface area contributed by atoms with Gasteiger partial charge in [-0.3, -0.25) is 13.9 Å². The number of carbonyl (C=O) groups is 2. The number of hydrogen-bond acceptors (Lipinski definition) is 4. The van der Waals surface area contributed by atoms with E-state index in [0.717, 1.165) is 4.31 Å². The fourth-order valence-electron chi connectivity index (χ4n) is 3.98. The third-order valence-corrected chi connectivity index (χ3v) is 8.57. The molecule has 10 heteroatoms. The van der Waals surface area contributed by atoms with Gasteiger partial charge in [-0.05, 0) is 67.3 Å². The van der Waals surface area contributed by atoms with Crippen LogP contribution in [0.15, 0.2) is 77.7 Å². The Morgan fingerprint density at radius 1 is 0.923 bits per heavy atom. The molecule has 0 aromatic heterocycles. The number of nitrogens with one attached hydrogen (secondary N) is 1. The summed E-state index contributed by atoms with van der Waals surface area (Å²) >= 11 is 12.5. The molecule has 0 aliphatic carbocycles. The standard InChI is InChI=1S/C29H33Cl2N3O4S/c1-20(2)17-32-29(36)22(4)33(18-23-10-8-9-13-26(23)31)28(35)19-34(27-15-14-24(30)16-21(27)3)39(37,38)25-11-6-5-7-12-25/h5-16,20,22H,17-19H2,1-4H3,(H,32,36)/t22-/m1/s1. The molecule has 0 aliphatic rings. The van der Waals surface area contributed by atoms with E-state index in [4.69, 9.17) is 23.2 Å². The van der Waals surface area contributed by atoms with Crippen LogP contribution in [0.4, 0.5) is 5.69 Å². The highest BCUT2D eigenvalue weighted by atomic mass is 35.5. The van der Waals surface area contributed by atoms with Crippen molar-refractivity contribution in [1.29, 1.82) is 0 Å². The van der Waals surface area contributed by atoms with E-state index in [2.05, 4.69) is 5.32 Å². The number of sulfonamides is 1. The molecule has 0 saturated carbocycles. The molecular formula is C29H33Cl2N3O4S. The Balaban J connectivity index is 2.04. The van der Waals surface area contributed by atoms with Crippen molar-refractivity contribution in [3.05, 3.63) is 94.0 Å². The van der Waals surface area contributed by atoms with Crippen molar-refractivity contribution in [2.24, 2.45) is 5.92 Å². The lowest BCUT2D eigenvalue weighted by molar-refractivity contribution is -0.139. The van der Waals surface area contributed by atoms with Crippen molar-refractivity contribution in [2.75, 3.05) is 17.4 Å². The summed E-state index contributed by atoms with van der Waals surface area (Å²) in [6.45, 7) is 7.21. The number of amides is 2. The molecule has 0 spiro atoms. The predicted octanol–water partition coefficient (Wildman–Crippen LogP) is 5.69. The van der Waals surface area contributed by atoms with E-state index in [9.17, 15) is 18.0 Å². The largest absolute Gasteiger partial charge is 0.354 e. The Hall–Kier alpha value is -3.07. The molecule has 0 fully saturated rings. The van der Waals surface area contributed by atoms with Gasteiger partial charge in [0.15, 0.2) is 0 Å². The molecule has 0 unspecified atom stereocenters. The van der Waals surface area contributed by atoms with Gasteiger partial charge in [-0.15, -0.1) is 0 Å². The van der Waals surface area contributed by atoms with Crippen LogP contribution in [0.2, 0.25) is 10.0 Å². The quantitative estimate of drug-likeness (QED) is 0.311. The topological polar surface area (TPSA) is 86.8 Å². The molecule has 1 N–H and O–H groups in total. The number of anilines is 1. The molecule has 7 nitrogen and oxygen atoms in total. The fraction of sp³-hybridized carbons (Fsp3) is 0.310. The van der Waals surface area contributed by atoms with Crippen LogP contribution in [-0.4, -0.2) is 44.3 Å². The highest BCUT2D eigenvalue weighted by molar-refractivity contribution is 7.92. The van der Waals surface area contributed by atoms with Crippen molar-refractivity contribution in [1.82, 2.24) is 10.2 Å². The molecule has 0 radical (unpaired) electrons. The number of halogens is 2. The van der Waals surface area contributed by atoms with E-state index in [1.807, 2.05) is 13.8 Å². The minimum atomic E-state index is -4.15. The van der Waals surface area contributed by atoms with E-state index in [-0.39, 0.29) is 23.3 Å². The summed E-state index contributed by atoms with van der Waals surface area (Å²) in [5, 5.41) is 3.74. The van der Waals surface area contributed by atoms with Crippen LogP contribution >= 0.6 is 23.2 Å². The molecule has 3 rings (SSSR count). The smallest absolute Gasteiger partial charge is 0.264 e. The zero-order chi connectivity index (χ0) is 28.7. The van der Waals surface area contributed by atoms with Gasteiger partial charge in [0.1, 0.15) is 12.6 Å². The molecule has 1 atom stereocenters. The zero-order valence-electron chi connectivity index (χ0n) is 22.4. The fourth-order valence-corrected chi connectivity index (χ4v) is 5.90. The van der Waals surface area contributed by atoms with Gasteiger partial charge >= 0.3 is 0 Å². The summed E-state index contributed by atoms with van der Waals surface area (Å²) in [6.07, 6.45) is 0. The second kappa shape index (κ2) is 13.3. The third kappa shape index (κ3) is 7.75. The number of nitrogens with zero attached hydrogens (tertiary/aromatic N) is 2. The number of hydrogen-bond donors (Lipinski definition) is 1. The van der Waals surface area contributed by atoms with Crippen LogP contribution < -0.4 is 9.62 Å². The normalized spacial score (nSPS) is 12.2. The van der Waals surface area contributed by atoms with E-state index >= 15 is 0 Å². The van der Waals surface area contributed by atoms with Gasteiger partial charge in [0.05, 0.1) is 10.6 Å². The van der Waals surface area contributed by atoms with E-state index in [0.29, 0.717) is 33.4 Å². The molecule has 39 heavy (non-hydrogen) atoms. The summed E-state index contributed by atoms with van der Waals surface area (Å²) in [4.78, 5) is 28.4. The monoisotopic (exact) mass is 589 g/mol. The highest BCUT2D eigenvalue weighted by Gasteiger charge is 2.33. The molecule has 0 bridgehead atoms. The van der Waals surface area contributed by atoms with Gasteiger partial charge in [-0.25, -0.2) is 8.42 Å². The molecule has 0 saturated heterocycles. The van der Waals surface area contributed by atoms with Gasteiger partial charge in [-0.1, -0.05) is 73.4 Å². The molecule has 0 aliphatic heterocycles. The van der Waals surface area contributed by atoms with Crippen LogP contribution in [0.25, 0.3) is 0 Å². The Bertz CT molecular complexity index is 1420. The van der Waals surface area contributed by atoms with E-state index in [1.54, 1.807) is 74.5 Å². The lowest BCUT2D eigenvalue weighted by Gasteiger charge is -2.32. The average molecular weight is 591 g/mol. The van der Waals surface area contributed by atoms with E-state index in [1.165, 1.54) is 17.0 Å². The third-order valence-electron chi connectivity index (χ3n) is 6.19. The first-order chi connectivity index (χ1) is 18.4. The van der Waals surface area contributed by atoms with Crippen molar-refractivity contribution in [3.8, 4) is 0 Å². The van der Waals surface area contributed by atoms with Crippen LogP contribution in [0.1, 0.15) is 31.9 Å². The number of rotatable bonds is 11. The Morgan fingerprint density at radius 2 is 1.56 bits per heavy atom. The first-order valence-corrected chi connectivity index (χ1v) is 14.8. The average Bonchev–Trinajstić information content (AvgIpc) is 2.90. The Morgan fingerprint density at radius 3 is 2.18 bits per heavy atom. The Labute approximate surface area is 240 Å². The summed E-state index contributed by atoms with van der Waals surface area (Å²) < 4.78 is 28.8. The maximum Gasteiger partial charge on any atom is 0.264 e. The maximum absolute atomic E-state index is 14.0. The van der Waals surface area contributed by atoms with Crippen molar-refractivity contribution in [3.63, 3.8) is 0 Å². The lowest BCUT2D eigenvalue weighted by Crippen LogP contribution is -2.51. The number of benzene rings is 3. The first-order valence-electron chi connectivity index (χ1n) is 12.6. The summed E-state index contributed by atoms with van der Waals surface area (Å²) in [5.41, 5.74) is 1.53. The van der Waals surface area contributed by atoms with Crippen LogP contribution in [0.3, 0.4) is 0 Å². The SMILES string of the molecule is Cc1cc(Cl)ccc1N(CC(=O)N(Cc1ccccc1Cl)[C@H](C)C(=O)NCC(C)C)S(=O)(=O)c1ccccc1. The van der Waals surface area contributed by atoms with Crippen molar-refractivity contribution < 1.29 is 18.0 Å². The maximum atomic E-state index is 14.0. The van der Waals surface area contributed by atoms with Gasteiger partial charge in [0, 0.05) is 23.1 Å². The van der Waals surface area contributed by atoms with Gasteiger partial charge in [-0.2, -0.15) is 0 Å². The minimum absolute atomic E-state index is 0.0214. The lowest BCUT2D eigenvalue weighted by atomic mass is 10.1. The molecule has 0 heterocycles. The molecule has 208 valence electrons. The zero-order valence-corrected chi connectivity index (χ0v) is 24.7. The van der Waals surface area contributed by atoms with Crippen LogP contribution in [0.5, 0.6) is 0 Å². The minimum Gasteiger partial charge on any atom is -0.354 e. The van der Waals surface area contributed by atoms with Crippen molar-refractivity contribution >= 4 is 50.7 Å². The number of carbonyl (C=O) groups excluding carboxylic acids is 2. The summed E-state index contributed by atoms with van der Waals surface area (Å²) in [7, 11) is -4.15. The summed E-state index contributed by atoms with van der Waals surface area (Å²) in [5.74, 6) is -0.687. The van der Waals surface area contributed by atoms with Gasteiger partial charge in [0.25, 0.3) is 10.0 Å². The Kier molecular flexibility index (Phi) is 10.4. The molecular weight excluding hydrogens is 557 g/mol. The highest BCUT2D eigenvalue weighted by Crippen LogP contribution is 2.29. The number of aryl methyl sites for hydroxylation is 1. The molecule has 3 aromatic rings. The predicted molar refractivity (Wildman–Crippen MR) is 156 cm³/mol. The van der Waals surface area contributed by atoms with Gasteiger partial charge < -0.3 is 10.2 Å². The van der Waals surface area contributed by atoms with Crippen LogP contribution in [0, 0.1) is 12.8 Å². The molecule has 2 amide bonds. The van der Waals surface area contributed by atoms with Crippen molar-refractivity contribution in [2.45, 2.75) is 45.2 Å². The van der Waals surface area contributed by atoms with E-state index < -0.39 is 28.5 Å². The summed E-state index contributed by atoms with van der Waals surface area (Å²) in [6, 6.07) is 18.8. The second-order valence-electron chi connectivity index (χ2n) is 9.68. The molecule has 3 aromatic carbocycles.